The van der Waals surface area contributed by atoms with Gasteiger partial charge < -0.3 is 5.32 Å². The summed E-state index contributed by atoms with van der Waals surface area (Å²) >= 11 is 6.15. The number of hydrogen-bond donors (Lipinski definition) is 1. The Hall–Kier alpha value is -3.52. The SMILES string of the molecule is CCc1nc(-c2cc(Cl)ccn2)n(-c2cccc(C(=O)NCCCCn3cccn3)c2)n1. The molecule has 32 heavy (non-hydrogen) atoms. The first-order chi connectivity index (χ1) is 15.6. The Kier molecular flexibility index (Phi) is 6.91. The van der Waals surface area contributed by atoms with Crippen molar-refractivity contribution in [3.63, 3.8) is 0 Å². The maximum atomic E-state index is 12.7. The van der Waals surface area contributed by atoms with Crippen molar-refractivity contribution in [3.05, 3.63) is 77.5 Å². The second-order valence-corrected chi connectivity index (χ2v) is 7.70. The molecular formula is C23H24ClN7O. The summed E-state index contributed by atoms with van der Waals surface area (Å²) in [5.74, 6) is 1.15. The fourth-order valence-electron chi connectivity index (χ4n) is 3.29. The van der Waals surface area contributed by atoms with E-state index in [0.717, 1.165) is 25.1 Å². The molecular weight excluding hydrogens is 426 g/mol. The Labute approximate surface area is 191 Å². The van der Waals surface area contributed by atoms with Gasteiger partial charge in [-0.05, 0) is 49.2 Å². The lowest BCUT2D eigenvalue weighted by Gasteiger charge is -2.09. The van der Waals surface area contributed by atoms with Crippen LogP contribution in [0.5, 0.6) is 0 Å². The number of carbonyl (C=O) groups excluding carboxylic acids is 1. The van der Waals surface area contributed by atoms with Gasteiger partial charge in [0.1, 0.15) is 5.69 Å². The highest BCUT2D eigenvalue weighted by Crippen LogP contribution is 2.22. The van der Waals surface area contributed by atoms with E-state index >= 15 is 0 Å². The summed E-state index contributed by atoms with van der Waals surface area (Å²) in [7, 11) is 0. The van der Waals surface area contributed by atoms with Gasteiger partial charge in [0.2, 0.25) is 0 Å². The third-order valence-electron chi connectivity index (χ3n) is 4.93. The summed E-state index contributed by atoms with van der Waals surface area (Å²) in [6.07, 6.45) is 7.83. The molecule has 0 saturated carbocycles. The summed E-state index contributed by atoms with van der Waals surface area (Å²) in [5, 5.41) is 12.3. The number of aryl methyl sites for hydroxylation is 2. The molecule has 9 heteroatoms. The van der Waals surface area contributed by atoms with E-state index in [1.54, 1.807) is 41.3 Å². The van der Waals surface area contributed by atoms with Crippen LogP contribution in [0, 0.1) is 0 Å². The lowest BCUT2D eigenvalue weighted by Crippen LogP contribution is -2.24. The molecule has 0 radical (unpaired) electrons. The fraction of sp³-hybridized carbons (Fsp3) is 0.261. The summed E-state index contributed by atoms with van der Waals surface area (Å²) in [5.41, 5.74) is 1.92. The van der Waals surface area contributed by atoms with Crippen LogP contribution in [0.25, 0.3) is 17.2 Å². The number of carbonyl (C=O) groups is 1. The number of pyridine rings is 1. The van der Waals surface area contributed by atoms with Gasteiger partial charge in [0.25, 0.3) is 5.91 Å². The quantitative estimate of drug-likeness (QED) is 0.391. The molecule has 0 saturated heterocycles. The minimum atomic E-state index is -0.121. The smallest absolute Gasteiger partial charge is 0.251 e. The molecule has 1 amide bonds. The minimum Gasteiger partial charge on any atom is -0.352 e. The molecule has 0 atom stereocenters. The monoisotopic (exact) mass is 449 g/mol. The Bertz CT molecular complexity index is 1190. The number of hydrogen-bond acceptors (Lipinski definition) is 5. The van der Waals surface area contributed by atoms with Gasteiger partial charge in [-0.3, -0.25) is 14.5 Å². The first-order valence-electron chi connectivity index (χ1n) is 10.6. The Morgan fingerprint density at radius 3 is 2.81 bits per heavy atom. The first-order valence-corrected chi connectivity index (χ1v) is 11.0. The molecule has 1 aromatic carbocycles. The third-order valence-corrected chi connectivity index (χ3v) is 5.17. The molecule has 0 bridgehead atoms. The van der Waals surface area contributed by atoms with Crippen LogP contribution in [-0.4, -0.2) is 42.0 Å². The number of halogens is 1. The summed E-state index contributed by atoms with van der Waals surface area (Å²) in [6.45, 7) is 3.43. The average molecular weight is 450 g/mol. The first kappa shape index (κ1) is 21.7. The van der Waals surface area contributed by atoms with Crippen molar-refractivity contribution in [2.24, 2.45) is 0 Å². The number of benzene rings is 1. The van der Waals surface area contributed by atoms with Gasteiger partial charge in [-0.1, -0.05) is 24.6 Å². The number of rotatable bonds is 9. The molecule has 0 aliphatic rings. The molecule has 0 spiro atoms. The van der Waals surface area contributed by atoms with E-state index in [4.69, 9.17) is 11.6 Å². The maximum absolute atomic E-state index is 12.7. The summed E-state index contributed by atoms with van der Waals surface area (Å²) in [4.78, 5) is 21.7. The van der Waals surface area contributed by atoms with Crippen LogP contribution in [0.2, 0.25) is 5.02 Å². The molecule has 8 nitrogen and oxygen atoms in total. The van der Waals surface area contributed by atoms with Crippen LogP contribution in [0.4, 0.5) is 0 Å². The topological polar surface area (TPSA) is 90.5 Å². The highest BCUT2D eigenvalue weighted by Gasteiger charge is 2.16. The van der Waals surface area contributed by atoms with Crippen LogP contribution in [-0.2, 0) is 13.0 Å². The molecule has 1 N–H and O–H groups in total. The van der Waals surface area contributed by atoms with Gasteiger partial charge in [0.15, 0.2) is 11.6 Å². The molecule has 164 valence electrons. The fourth-order valence-corrected chi connectivity index (χ4v) is 3.45. The van der Waals surface area contributed by atoms with E-state index in [9.17, 15) is 4.79 Å². The average Bonchev–Trinajstić information content (AvgIpc) is 3.49. The molecule has 4 rings (SSSR count). The maximum Gasteiger partial charge on any atom is 0.251 e. The van der Waals surface area contributed by atoms with E-state index < -0.39 is 0 Å². The molecule has 3 heterocycles. The van der Waals surface area contributed by atoms with Gasteiger partial charge in [0.05, 0.1) is 5.69 Å². The van der Waals surface area contributed by atoms with E-state index in [1.807, 2.05) is 36.0 Å². The zero-order valence-electron chi connectivity index (χ0n) is 17.8. The van der Waals surface area contributed by atoms with Crippen LogP contribution < -0.4 is 5.32 Å². The van der Waals surface area contributed by atoms with Crippen molar-refractivity contribution in [1.29, 1.82) is 0 Å². The molecule has 0 aliphatic carbocycles. The predicted molar refractivity (Wildman–Crippen MR) is 123 cm³/mol. The number of nitrogens with zero attached hydrogens (tertiary/aromatic N) is 6. The van der Waals surface area contributed by atoms with Crippen LogP contribution in [0.15, 0.2) is 61.1 Å². The molecule has 0 unspecified atom stereocenters. The van der Waals surface area contributed by atoms with E-state index in [1.165, 1.54) is 0 Å². The van der Waals surface area contributed by atoms with Gasteiger partial charge in [-0.15, -0.1) is 0 Å². The van der Waals surface area contributed by atoms with Crippen molar-refractivity contribution in [2.75, 3.05) is 6.54 Å². The number of amides is 1. The summed E-state index contributed by atoms with van der Waals surface area (Å²) in [6, 6.07) is 12.7. The van der Waals surface area contributed by atoms with Crippen LogP contribution in [0.3, 0.4) is 0 Å². The highest BCUT2D eigenvalue weighted by molar-refractivity contribution is 6.30. The Balaban J connectivity index is 1.46. The van der Waals surface area contributed by atoms with Crippen LogP contribution >= 0.6 is 11.6 Å². The van der Waals surface area contributed by atoms with Crippen molar-refractivity contribution >= 4 is 17.5 Å². The van der Waals surface area contributed by atoms with Crippen LogP contribution in [0.1, 0.15) is 35.9 Å². The molecule has 3 aromatic heterocycles. The number of unbranched alkanes of at least 4 members (excludes halogenated alkanes) is 1. The van der Waals surface area contributed by atoms with Crippen molar-refractivity contribution in [2.45, 2.75) is 32.7 Å². The standard InChI is InChI=1S/C23H24ClN7O/c1-2-21-28-22(20-16-18(24)9-12-25-20)31(29-21)19-8-5-7-17(15-19)23(32)26-10-3-4-13-30-14-6-11-27-30/h5-9,11-12,14-16H,2-4,10,13H2,1H3,(H,26,32). The molecule has 0 fully saturated rings. The molecule has 4 aromatic rings. The van der Waals surface area contributed by atoms with Gasteiger partial charge >= 0.3 is 0 Å². The van der Waals surface area contributed by atoms with Crippen molar-refractivity contribution < 1.29 is 4.79 Å². The Morgan fingerprint density at radius 1 is 1.12 bits per heavy atom. The summed E-state index contributed by atoms with van der Waals surface area (Å²) < 4.78 is 3.60. The zero-order valence-corrected chi connectivity index (χ0v) is 18.5. The van der Waals surface area contributed by atoms with Gasteiger partial charge in [-0.2, -0.15) is 10.2 Å². The Morgan fingerprint density at radius 2 is 2.03 bits per heavy atom. The lowest BCUT2D eigenvalue weighted by atomic mass is 10.2. The second kappa shape index (κ2) is 10.2. The third kappa shape index (κ3) is 5.20. The van der Waals surface area contributed by atoms with Crippen molar-refractivity contribution in [1.82, 2.24) is 34.8 Å². The molecule has 0 aliphatic heterocycles. The predicted octanol–water partition coefficient (Wildman–Crippen LogP) is 3.95. The second-order valence-electron chi connectivity index (χ2n) is 7.26. The number of aromatic nitrogens is 6. The van der Waals surface area contributed by atoms with E-state index in [2.05, 4.69) is 25.5 Å². The van der Waals surface area contributed by atoms with E-state index in [0.29, 0.717) is 40.9 Å². The minimum absolute atomic E-state index is 0.121. The van der Waals surface area contributed by atoms with Gasteiger partial charge in [-0.25, -0.2) is 9.67 Å². The van der Waals surface area contributed by atoms with Gasteiger partial charge in [0, 0.05) is 48.7 Å². The van der Waals surface area contributed by atoms with E-state index in [-0.39, 0.29) is 5.91 Å². The van der Waals surface area contributed by atoms with Crippen molar-refractivity contribution in [3.8, 4) is 17.2 Å². The lowest BCUT2D eigenvalue weighted by molar-refractivity contribution is 0.0953. The normalized spacial score (nSPS) is 10.9. The largest absolute Gasteiger partial charge is 0.352 e. The highest BCUT2D eigenvalue weighted by atomic mass is 35.5. The zero-order chi connectivity index (χ0) is 22.3. The number of nitrogens with one attached hydrogen (secondary N) is 1.